The van der Waals surface area contributed by atoms with Crippen molar-refractivity contribution in [3.63, 3.8) is 0 Å². The third-order valence-corrected chi connectivity index (χ3v) is 1.89. The molecule has 0 aromatic heterocycles. The lowest BCUT2D eigenvalue weighted by molar-refractivity contribution is 0.375. The van der Waals surface area contributed by atoms with Crippen LogP contribution < -0.4 is 22.3 Å². The number of guanidine groups is 1. The van der Waals surface area contributed by atoms with Crippen molar-refractivity contribution in [1.82, 2.24) is 10.9 Å². The monoisotopic (exact) mass is 177 g/mol. The molecule has 0 fully saturated rings. The van der Waals surface area contributed by atoms with E-state index in [2.05, 4.69) is 15.8 Å². The number of nitrogens with two attached hydrogens (primary N) is 2. The highest BCUT2D eigenvalue weighted by Crippen LogP contribution is 2.17. The topological polar surface area (TPSA) is 88.5 Å². The Bertz CT molecular complexity index is 334. The second-order valence-electron chi connectivity index (χ2n) is 2.88. The minimum atomic E-state index is -0.939. The molecule has 1 heterocycles. The molecule has 0 amide bonds. The highest BCUT2D eigenvalue weighted by molar-refractivity contribution is 5.79. The molecule has 1 aliphatic rings. The van der Waals surface area contributed by atoms with Crippen molar-refractivity contribution >= 4 is 5.96 Å². The molecule has 1 unspecified atom stereocenters. The van der Waals surface area contributed by atoms with Gasteiger partial charge >= 0.3 is 0 Å². The van der Waals surface area contributed by atoms with Gasteiger partial charge in [-0.1, -0.05) is 30.3 Å². The summed E-state index contributed by atoms with van der Waals surface area (Å²) in [7, 11) is 0. The van der Waals surface area contributed by atoms with Gasteiger partial charge in [0.05, 0.1) is 0 Å². The van der Waals surface area contributed by atoms with Crippen LogP contribution in [0.4, 0.5) is 0 Å². The van der Waals surface area contributed by atoms with Crippen LogP contribution in [0.25, 0.3) is 0 Å². The summed E-state index contributed by atoms with van der Waals surface area (Å²) in [6.07, 6.45) is 0. The Kier molecular flexibility index (Phi) is 1.68. The first kappa shape index (κ1) is 8.03. The first-order chi connectivity index (χ1) is 6.21. The zero-order valence-corrected chi connectivity index (χ0v) is 6.99. The third-order valence-electron chi connectivity index (χ3n) is 1.89. The van der Waals surface area contributed by atoms with Gasteiger partial charge < -0.3 is 5.73 Å². The third kappa shape index (κ3) is 1.34. The number of hydrazine groups is 1. The minimum Gasteiger partial charge on any atom is -0.369 e. The Morgan fingerprint density at radius 3 is 2.46 bits per heavy atom. The molecule has 2 rings (SSSR count). The molecule has 0 saturated heterocycles. The van der Waals surface area contributed by atoms with Gasteiger partial charge in [0, 0.05) is 5.56 Å². The maximum atomic E-state index is 5.93. The summed E-state index contributed by atoms with van der Waals surface area (Å²) in [6, 6.07) is 9.49. The molecule has 0 spiro atoms. The zero-order valence-electron chi connectivity index (χ0n) is 6.99. The number of benzene rings is 1. The lowest BCUT2D eigenvalue weighted by atomic mass is 10.1. The highest BCUT2D eigenvalue weighted by atomic mass is 15.6. The van der Waals surface area contributed by atoms with Gasteiger partial charge in [-0.25, -0.2) is 4.99 Å². The summed E-state index contributed by atoms with van der Waals surface area (Å²) in [5, 5.41) is 0. The van der Waals surface area contributed by atoms with Gasteiger partial charge in [-0.05, 0) is 0 Å². The van der Waals surface area contributed by atoms with Crippen LogP contribution in [-0.4, -0.2) is 5.96 Å². The van der Waals surface area contributed by atoms with Crippen LogP contribution in [0.15, 0.2) is 35.3 Å². The first-order valence-electron chi connectivity index (χ1n) is 3.94. The van der Waals surface area contributed by atoms with Crippen LogP contribution in [-0.2, 0) is 5.79 Å². The van der Waals surface area contributed by atoms with E-state index in [1.165, 1.54) is 0 Å². The van der Waals surface area contributed by atoms with Crippen LogP contribution in [0.5, 0.6) is 0 Å². The molecule has 5 nitrogen and oxygen atoms in total. The Morgan fingerprint density at radius 1 is 1.23 bits per heavy atom. The van der Waals surface area contributed by atoms with E-state index < -0.39 is 5.79 Å². The van der Waals surface area contributed by atoms with E-state index in [4.69, 9.17) is 11.5 Å². The zero-order chi connectivity index (χ0) is 9.31. The molecule has 0 saturated carbocycles. The summed E-state index contributed by atoms with van der Waals surface area (Å²) in [5.74, 6) is -0.642. The predicted octanol–water partition coefficient (Wildman–Crippen LogP) is -0.822. The fourth-order valence-corrected chi connectivity index (χ4v) is 1.23. The van der Waals surface area contributed by atoms with Crippen LogP contribution in [0.1, 0.15) is 5.56 Å². The largest absolute Gasteiger partial charge is 0.369 e. The summed E-state index contributed by atoms with van der Waals surface area (Å²) in [4.78, 5) is 4.04. The lowest BCUT2D eigenvalue weighted by Gasteiger charge is -2.19. The number of hydrogen-bond acceptors (Lipinski definition) is 5. The SMILES string of the molecule is NC1=NC(N)(c2ccccc2)NN1. The van der Waals surface area contributed by atoms with Crippen molar-refractivity contribution in [2.75, 3.05) is 0 Å². The molecule has 68 valence electrons. The van der Waals surface area contributed by atoms with Gasteiger partial charge in [0.1, 0.15) is 0 Å². The molecule has 1 aromatic carbocycles. The van der Waals surface area contributed by atoms with E-state index in [0.29, 0.717) is 5.96 Å². The maximum Gasteiger partial charge on any atom is 0.209 e. The summed E-state index contributed by atoms with van der Waals surface area (Å²) >= 11 is 0. The molecule has 0 bridgehead atoms. The van der Waals surface area contributed by atoms with E-state index in [0.717, 1.165) is 5.56 Å². The van der Waals surface area contributed by atoms with Gasteiger partial charge in [-0.3, -0.25) is 11.2 Å². The van der Waals surface area contributed by atoms with E-state index in [1.54, 1.807) is 0 Å². The van der Waals surface area contributed by atoms with Gasteiger partial charge in [-0.2, -0.15) is 5.43 Å². The van der Waals surface area contributed by atoms with E-state index in [-0.39, 0.29) is 0 Å². The Balaban J connectivity index is 2.37. The van der Waals surface area contributed by atoms with E-state index in [9.17, 15) is 0 Å². The van der Waals surface area contributed by atoms with Crippen molar-refractivity contribution in [1.29, 1.82) is 0 Å². The quantitative estimate of drug-likeness (QED) is 0.451. The molecular weight excluding hydrogens is 166 g/mol. The van der Waals surface area contributed by atoms with Crippen LogP contribution >= 0.6 is 0 Å². The van der Waals surface area contributed by atoms with Crippen molar-refractivity contribution in [3.05, 3.63) is 35.9 Å². The average molecular weight is 177 g/mol. The maximum absolute atomic E-state index is 5.93. The average Bonchev–Trinajstić information content (AvgIpc) is 2.49. The highest BCUT2D eigenvalue weighted by Gasteiger charge is 2.30. The molecule has 1 aromatic rings. The van der Waals surface area contributed by atoms with Crippen LogP contribution in [0.2, 0.25) is 0 Å². The summed E-state index contributed by atoms with van der Waals surface area (Å²) in [6.45, 7) is 0. The second-order valence-corrected chi connectivity index (χ2v) is 2.88. The molecular formula is C8H11N5. The summed E-state index contributed by atoms with van der Waals surface area (Å²) < 4.78 is 0. The molecule has 6 N–H and O–H groups in total. The smallest absolute Gasteiger partial charge is 0.209 e. The van der Waals surface area contributed by atoms with Crippen LogP contribution in [0.3, 0.4) is 0 Å². The van der Waals surface area contributed by atoms with Crippen molar-refractivity contribution in [2.24, 2.45) is 16.5 Å². The predicted molar refractivity (Wildman–Crippen MR) is 50.2 cm³/mol. The first-order valence-corrected chi connectivity index (χ1v) is 3.94. The van der Waals surface area contributed by atoms with Gasteiger partial charge in [0.25, 0.3) is 0 Å². The van der Waals surface area contributed by atoms with Gasteiger partial charge in [0.2, 0.25) is 11.7 Å². The second kappa shape index (κ2) is 2.72. The van der Waals surface area contributed by atoms with Crippen LogP contribution in [0, 0.1) is 0 Å². The van der Waals surface area contributed by atoms with E-state index in [1.807, 2.05) is 30.3 Å². The Morgan fingerprint density at radius 2 is 1.92 bits per heavy atom. The molecule has 1 atom stereocenters. The number of aliphatic imine (C=N–C) groups is 1. The molecule has 13 heavy (non-hydrogen) atoms. The molecule has 5 heteroatoms. The Hall–Kier alpha value is -1.59. The number of nitrogens with one attached hydrogen (secondary N) is 2. The molecule has 0 aliphatic carbocycles. The molecule has 0 radical (unpaired) electrons. The molecule has 1 aliphatic heterocycles. The number of hydrogen-bond donors (Lipinski definition) is 4. The van der Waals surface area contributed by atoms with Crippen molar-refractivity contribution in [2.45, 2.75) is 5.79 Å². The normalized spacial score (nSPS) is 26.7. The van der Waals surface area contributed by atoms with E-state index >= 15 is 0 Å². The summed E-state index contributed by atoms with van der Waals surface area (Å²) in [5.41, 5.74) is 17.7. The lowest BCUT2D eigenvalue weighted by Crippen LogP contribution is -2.50. The fraction of sp³-hybridized carbons (Fsp3) is 0.125. The number of rotatable bonds is 1. The fourth-order valence-electron chi connectivity index (χ4n) is 1.23. The Labute approximate surface area is 75.8 Å². The van der Waals surface area contributed by atoms with Crippen molar-refractivity contribution < 1.29 is 0 Å². The minimum absolute atomic E-state index is 0.298. The standard InChI is InChI=1S/C8H11N5/c9-7-11-8(10,13-12-7)6-4-2-1-3-5-6/h1-5,13H,10H2,(H3,9,11,12). The van der Waals surface area contributed by atoms with Crippen molar-refractivity contribution in [3.8, 4) is 0 Å². The van der Waals surface area contributed by atoms with Gasteiger partial charge in [-0.15, -0.1) is 0 Å². The number of nitrogens with zero attached hydrogens (tertiary/aromatic N) is 1. The van der Waals surface area contributed by atoms with Gasteiger partial charge in [0.15, 0.2) is 0 Å².